The van der Waals surface area contributed by atoms with Gasteiger partial charge in [-0.25, -0.2) is 4.98 Å². The molecule has 0 unspecified atom stereocenters. The molecule has 2 rings (SSSR count). The summed E-state index contributed by atoms with van der Waals surface area (Å²) in [7, 11) is 0. The van der Waals surface area contributed by atoms with Crippen molar-refractivity contribution in [1.82, 2.24) is 4.98 Å². The Morgan fingerprint density at radius 1 is 1.33 bits per heavy atom. The predicted molar refractivity (Wildman–Crippen MR) is 50.3 cm³/mol. The fraction of sp³-hybridized carbons (Fsp3) is 0.444. The Kier molecular flexibility index (Phi) is 2.02. The number of aromatic nitrogens is 1. The Morgan fingerprint density at radius 2 is 2.00 bits per heavy atom. The normalized spacial score (nSPS) is 18.6. The van der Waals surface area contributed by atoms with Crippen molar-refractivity contribution in [3.8, 4) is 0 Å². The van der Waals surface area contributed by atoms with Crippen LogP contribution in [0.25, 0.3) is 0 Å². The van der Waals surface area contributed by atoms with Crippen LogP contribution in [-0.4, -0.2) is 16.7 Å². The maximum atomic E-state index is 12.5. The van der Waals surface area contributed by atoms with Gasteiger partial charge in [0.2, 0.25) is 0 Å². The lowest BCUT2D eigenvalue weighted by molar-refractivity contribution is -0.151. The van der Waals surface area contributed by atoms with Gasteiger partial charge in [0.1, 0.15) is 11.4 Å². The van der Waals surface area contributed by atoms with Crippen molar-refractivity contribution in [3.63, 3.8) is 0 Å². The molecule has 1 heterocycles. The molecule has 3 nitrogen and oxygen atoms in total. The fourth-order valence-electron chi connectivity index (χ4n) is 1.33. The van der Waals surface area contributed by atoms with Crippen LogP contribution in [0.4, 0.5) is 24.7 Å². The van der Waals surface area contributed by atoms with Crippen molar-refractivity contribution < 1.29 is 13.2 Å². The number of nitrogens with zero attached hydrogens (tertiary/aromatic N) is 1. The summed E-state index contributed by atoms with van der Waals surface area (Å²) >= 11 is 0. The molecule has 1 aliphatic rings. The molecule has 15 heavy (non-hydrogen) atoms. The average molecular weight is 217 g/mol. The second-order valence-corrected chi connectivity index (χ2v) is 3.68. The molecule has 82 valence electrons. The van der Waals surface area contributed by atoms with Gasteiger partial charge in [-0.15, -0.1) is 0 Å². The minimum Gasteiger partial charge on any atom is -0.397 e. The monoisotopic (exact) mass is 217 g/mol. The Bertz CT molecular complexity index is 354. The van der Waals surface area contributed by atoms with E-state index in [9.17, 15) is 13.2 Å². The lowest BCUT2D eigenvalue weighted by atomic mass is 10.2. The molecule has 0 aliphatic heterocycles. The minimum atomic E-state index is -4.23. The summed E-state index contributed by atoms with van der Waals surface area (Å²) in [6.07, 6.45) is -2.70. The van der Waals surface area contributed by atoms with Crippen LogP contribution in [0.2, 0.25) is 0 Å². The van der Waals surface area contributed by atoms with Gasteiger partial charge in [0.05, 0.1) is 11.9 Å². The van der Waals surface area contributed by atoms with Crippen molar-refractivity contribution in [1.29, 1.82) is 0 Å². The highest BCUT2D eigenvalue weighted by molar-refractivity contribution is 5.47. The number of nitrogens with one attached hydrogen (secondary N) is 1. The van der Waals surface area contributed by atoms with E-state index < -0.39 is 11.7 Å². The second-order valence-electron chi connectivity index (χ2n) is 3.68. The first-order valence-corrected chi connectivity index (χ1v) is 4.49. The molecule has 0 aromatic carbocycles. The molecule has 0 bridgehead atoms. The van der Waals surface area contributed by atoms with Gasteiger partial charge in [0.15, 0.2) is 0 Å². The Hall–Kier alpha value is -1.46. The highest BCUT2D eigenvalue weighted by atomic mass is 19.4. The third-order valence-electron chi connectivity index (χ3n) is 2.45. The Balaban J connectivity index is 2.13. The quantitative estimate of drug-likeness (QED) is 0.798. The predicted octanol–water partition coefficient (Wildman–Crippen LogP) is 2.17. The molecule has 1 aromatic heterocycles. The van der Waals surface area contributed by atoms with Crippen LogP contribution in [-0.2, 0) is 0 Å². The number of alkyl halides is 3. The molecule has 0 amide bonds. The molecule has 1 aliphatic carbocycles. The molecule has 1 aromatic rings. The van der Waals surface area contributed by atoms with Crippen molar-refractivity contribution in [2.45, 2.75) is 24.6 Å². The number of nitrogen functional groups attached to an aromatic ring is 1. The number of halogens is 3. The maximum Gasteiger partial charge on any atom is 0.411 e. The number of rotatable bonds is 2. The average Bonchev–Trinajstić information content (AvgIpc) is 2.89. The van der Waals surface area contributed by atoms with Crippen molar-refractivity contribution in [2.75, 3.05) is 11.1 Å². The molecular formula is C9H10F3N3. The zero-order valence-corrected chi connectivity index (χ0v) is 7.80. The molecular weight excluding hydrogens is 207 g/mol. The Labute approximate surface area is 84.5 Å². The molecule has 0 atom stereocenters. The van der Waals surface area contributed by atoms with Crippen LogP contribution < -0.4 is 11.1 Å². The first-order valence-electron chi connectivity index (χ1n) is 4.49. The summed E-state index contributed by atoms with van der Waals surface area (Å²) < 4.78 is 37.6. The molecule has 1 fully saturated rings. The van der Waals surface area contributed by atoms with Crippen LogP contribution in [0.3, 0.4) is 0 Å². The first kappa shape index (κ1) is 10.1. The number of anilines is 2. The van der Waals surface area contributed by atoms with E-state index in [2.05, 4.69) is 10.3 Å². The lowest BCUT2D eigenvalue weighted by Crippen LogP contribution is -2.38. The topological polar surface area (TPSA) is 50.9 Å². The summed E-state index contributed by atoms with van der Waals surface area (Å²) in [6.45, 7) is 0. The third kappa shape index (κ3) is 1.84. The highest BCUT2D eigenvalue weighted by Gasteiger charge is 2.63. The molecule has 6 heteroatoms. The van der Waals surface area contributed by atoms with Crippen molar-refractivity contribution in [3.05, 3.63) is 18.3 Å². The van der Waals surface area contributed by atoms with E-state index in [0.29, 0.717) is 5.69 Å². The smallest absolute Gasteiger partial charge is 0.397 e. The van der Waals surface area contributed by atoms with E-state index in [1.807, 2.05) is 0 Å². The highest BCUT2D eigenvalue weighted by Crippen LogP contribution is 2.50. The van der Waals surface area contributed by atoms with Crippen molar-refractivity contribution in [2.24, 2.45) is 0 Å². The van der Waals surface area contributed by atoms with E-state index >= 15 is 0 Å². The number of hydrogen-bond donors (Lipinski definition) is 2. The van der Waals surface area contributed by atoms with E-state index in [1.165, 1.54) is 18.3 Å². The standard InChI is InChI=1S/C9H10F3N3/c10-9(11,12)8(3-4-8)15-7-2-1-6(13)5-14-7/h1-2,5H,3-4,13H2,(H,14,15). The van der Waals surface area contributed by atoms with E-state index in [-0.39, 0.29) is 18.7 Å². The molecule has 0 radical (unpaired) electrons. The van der Waals surface area contributed by atoms with Gasteiger partial charge in [-0.2, -0.15) is 13.2 Å². The minimum absolute atomic E-state index is 0.0998. The van der Waals surface area contributed by atoms with Gasteiger partial charge in [0.25, 0.3) is 0 Å². The van der Waals surface area contributed by atoms with Gasteiger partial charge < -0.3 is 11.1 Å². The molecule has 0 saturated heterocycles. The van der Waals surface area contributed by atoms with Gasteiger partial charge in [0, 0.05) is 0 Å². The largest absolute Gasteiger partial charge is 0.411 e. The van der Waals surface area contributed by atoms with Gasteiger partial charge in [-0.1, -0.05) is 0 Å². The lowest BCUT2D eigenvalue weighted by Gasteiger charge is -2.21. The van der Waals surface area contributed by atoms with Gasteiger partial charge in [-0.05, 0) is 25.0 Å². The van der Waals surface area contributed by atoms with Crippen LogP contribution in [0.5, 0.6) is 0 Å². The van der Waals surface area contributed by atoms with Crippen LogP contribution in [0.1, 0.15) is 12.8 Å². The number of pyridine rings is 1. The van der Waals surface area contributed by atoms with Crippen LogP contribution in [0, 0.1) is 0 Å². The van der Waals surface area contributed by atoms with Crippen LogP contribution in [0.15, 0.2) is 18.3 Å². The molecule has 0 spiro atoms. The third-order valence-corrected chi connectivity index (χ3v) is 2.45. The summed E-state index contributed by atoms with van der Waals surface area (Å²) in [5.74, 6) is 0.207. The summed E-state index contributed by atoms with van der Waals surface area (Å²) in [5, 5.41) is 2.40. The first-order chi connectivity index (χ1) is 6.93. The zero-order valence-electron chi connectivity index (χ0n) is 7.80. The van der Waals surface area contributed by atoms with E-state index in [0.717, 1.165) is 0 Å². The van der Waals surface area contributed by atoms with E-state index in [1.54, 1.807) is 0 Å². The van der Waals surface area contributed by atoms with Crippen LogP contribution >= 0.6 is 0 Å². The van der Waals surface area contributed by atoms with Crippen molar-refractivity contribution >= 4 is 11.5 Å². The second kappa shape index (κ2) is 3.01. The maximum absolute atomic E-state index is 12.5. The molecule has 3 N–H and O–H groups in total. The summed E-state index contributed by atoms with van der Waals surface area (Å²) in [4.78, 5) is 3.78. The van der Waals surface area contributed by atoms with E-state index in [4.69, 9.17) is 5.73 Å². The number of hydrogen-bond acceptors (Lipinski definition) is 3. The Morgan fingerprint density at radius 3 is 2.40 bits per heavy atom. The van der Waals surface area contributed by atoms with Gasteiger partial charge >= 0.3 is 6.18 Å². The summed E-state index contributed by atoms with van der Waals surface area (Å²) in [5.41, 5.74) is 4.04. The number of nitrogens with two attached hydrogens (primary N) is 1. The zero-order chi connectivity index (χ0) is 11.1. The fourth-order valence-corrected chi connectivity index (χ4v) is 1.33. The SMILES string of the molecule is Nc1ccc(NC2(C(F)(F)F)CC2)nc1. The van der Waals surface area contributed by atoms with Gasteiger partial charge in [-0.3, -0.25) is 0 Å². The molecule has 1 saturated carbocycles. The summed E-state index contributed by atoms with van der Waals surface area (Å²) in [6, 6.07) is 2.96.